The van der Waals surface area contributed by atoms with Crippen molar-refractivity contribution in [3.05, 3.63) is 35.0 Å². The lowest BCUT2D eigenvalue weighted by atomic mass is 10.2. The zero-order chi connectivity index (χ0) is 17.3. The maximum Gasteiger partial charge on any atom is 0.249 e. The molecule has 1 aromatic carbocycles. The van der Waals surface area contributed by atoms with Gasteiger partial charge >= 0.3 is 0 Å². The van der Waals surface area contributed by atoms with Crippen LogP contribution in [0.15, 0.2) is 24.4 Å². The lowest BCUT2D eigenvalue weighted by Gasteiger charge is -2.24. The summed E-state index contributed by atoms with van der Waals surface area (Å²) in [5.41, 5.74) is 1.74. The largest absolute Gasteiger partial charge is 0.354 e. The van der Waals surface area contributed by atoms with Crippen molar-refractivity contribution < 1.29 is 8.42 Å². The molecule has 0 spiro atoms. The Bertz CT molecular complexity index is 859. The number of rotatable bonds is 4. The number of hydrogen-bond acceptors (Lipinski definition) is 7. The van der Waals surface area contributed by atoms with E-state index in [0.29, 0.717) is 23.2 Å². The lowest BCUT2D eigenvalue weighted by Crippen LogP contribution is -2.33. The smallest absolute Gasteiger partial charge is 0.249 e. The Hall–Kier alpha value is -1.93. The van der Waals surface area contributed by atoms with E-state index in [1.165, 1.54) is 6.20 Å². The van der Waals surface area contributed by atoms with Crippen LogP contribution in [0.1, 0.15) is 12.0 Å². The van der Waals surface area contributed by atoms with Gasteiger partial charge in [-0.3, -0.25) is 0 Å². The molecule has 2 heterocycles. The molecule has 1 N–H and O–H groups in total. The molecule has 128 valence electrons. The van der Waals surface area contributed by atoms with Crippen molar-refractivity contribution in [1.82, 2.24) is 15.2 Å². The first kappa shape index (κ1) is 16.9. The van der Waals surface area contributed by atoms with Gasteiger partial charge in [0.05, 0.1) is 17.7 Å². The van der Waals surface area contributed by atoms with Crippen LogP contribution in [0.25, 0.3) is 0 Å². The van der Waals surface area contributed by atoms with Crippen LogP contribution in [0.3, 0.4) is 0 Å². The van der Waals surface area contributed by atoms with Crippen LogP contribution in [0.4, 0.5) is 17.5 Å². The summed E-state index contributed by atoms with van der Waals surface area (Å²) in [5.74, 6) is 1.27. The van der Waals surface area contributed by atoms with E-state index >= 15 is 0 Å². The summed E-state index contributed by atoms with van der Waals surface area (Å²) in [6.45, 7) is 1.93. The van der Waals surface area contributed by atoms with Gasteiger partial charge in [-0.15, -0.1) is 5.10 Å². The Morgan fingerprint density at radius 3 is 2.83 bits per heavy atom. The van der Waals surface area contributed by atoms with Crippen LogP contribution < -0.4 is 10.2 Å². The van der Waals surface area contributed by atoms with E-state index in [-0.39, 0.29) is 17.5 Å². The number of nitrogens with one attached hydrogen (secondary N) is 1. The van der Waals surface area contributed by atoms with Crippen LogP contribution in [-0.4, -0.2) is 48.2 Å². The second kappa shape index (κ2) is 6.52. The van der Waals surface area contributed by atoms with Gasteiger partial charge in [0, 0.05) is 23.8 Å². The molecule has 0 saturated carbocycles. The molecular weight excluding hydrogens is 350 g/mol. The number of halogens is 1. The molecule has 1 aliphatic heterocycles. The summed E-state index contributed by atoms with van der Waals surface area (Å²) >= 11 is 6.11. The fourth-order valence-electron chi connectivity index (χ4n) is 2.59. The van der Waals surface area contributed by atoms with E-state index in [0.717, 1.165) is 11.3 Å². The zero-order valence-electron chi connectivity index (χ0n) is 13.4. The number of aryl methyl sites for hydroxylation is 1. The SMILES string of the molecule is Cc1ccc(Nc2nncc(N(C)C3CCS(=O)(=O)C3)n2)cc1Cl. The van der Waals surface area contributed by atoms with E-state index in [4.69, 9.17) is 11.6 Å². The van der Waals surface area contributed by atoms with Crippen LogP contribution >= 0.6 is 11.6 Å². The number of anilines is 3. The highest BCUT2D eigenvalue weighted by Crippen LogP contribution is 2.24. The van der Waals surface area contributed by atoms with Crippen molar-refractivity contribution in [2.75, 3.05) is 28.8 Å². The van der Waals surface area contributed by atoms with Gasteiger partial charge in [0.1, 0.15) is 0 Å². The minimum Gasteiger partial charge on any atom is -0.354 e. The van der Waals surface area contributed by atoms with Crippen molar-refractivity contribution in [3.63, 3.8) is 0 Å². The molecule has 1 aromatic heterocycles. The number of nitrogens with zero attached hydrogens (tertiary/aromatic N) is 4. The molecule has 1 atom stereocenters. The zero-order valence-corrected chi connectivity index (χ0v) is 15.0. The average molecular weight is 368 g/mol. The lowest BCUT2D eigenvalue weighted by molar-refractivity contribution is 0.600. The monoisotopic (exact) mass is 367 g/mol. The summed E-state index contributed by atoms with van der Waals surface area (Å²) in [4.78, 5) is 6.26. The van der Waals surface area contributed by atoms with Gasteiger partial charge in [0.15, 0.2) is 15.7 Å². The molecule has 2 aromatic rings. The third kappa shape index (κ3) is 3.76. The van der Waals surface area contributed by atoms with Crippen molar-refractivity contribution in [1.29, 1.82) is 0 Å². The van der Waals surface area contributed by atoms with Crippen molar-refractivity contribution >= 4 is 38.9 Å². The average Bonchev–Trinajstić information content (AvgIpc) is 2.90. The first-order valence-corrected chi connectivity index (χ1v) is 9.70. The van der Waals surface area contributed by atoms with E-state index in [9.17, 15) is 8.42 Å². The summed E-state index contributed by atoms with van der Waals surface area (Å²) in [6.07, 6.45) is 2.12. The van der Waals surface area contributed by atoms with Crippen molar-refractivity contribution in [2.45, 2.75) is 19.4 Å². The summed E-state index contributed by atoms with van der Waals surface area (Å²) in [5, 5.41) is 11.6. The molecule has 0 bridgehead atoms. The van der Waals surface area contributed by atoms with Gasteiger partial charge in [0.2, 0.25) is 5.95 Å². The molecule has 7 nitrogen and oxygen atoms in total. The molecule has 1 saturated heterocycles. The predicted molar refractivity (Wildman–Crippen MR) is 94.8 cm³/mol. The van der Waals surface area contributed by atoms with E-state index < -0.39 is 9.84 Å². The molecule has 0 amide bonds. The molecule has 9 heteroatoms. The first-order valence-electron chi connectivity index (χ1n) is 7.50. The minimum atomic E-state index is -2.95. The Balaban J connectivity index is 1.77. The van der Waals surface area contributed by atoms with Crippen molar-refractivity contribution in [2.24, 2.45) is 0 Å². The van der Waals surface area contributed by atoms with Crippen LogP contribution in [-0.2, 0) is 9.84 Å². The normalized spacial score (nSPS) is 19.2. The highest BCUT2D eigenvalue weighted by Gasteiger charge is 2.31. The Morgan fingerprint density at radius 1 is 1.38 bits per heavy atom. The quantitative estimate of drug-likeness (QED) is 0.886. The van der Waals surface area contributed by atoms with E-state index in [2.05, 4.69) is 20.5 Å². The van der Waals surface area contributed by atoms with Gasteiger partial charge in [-0.1, -0.05) is 17.7 Å². The van der Waals surface area contributed by atoms with E-state index in [1.807, 2.05) is 31.0 Å². The summed E-state index contributed by atoms with van der Waals surface area (Å²) < 4.78 is 23.3. The van der Waals surface area contributed by atoms with Gasteiger partial charge in [-0.25, -0.2) is 8.42 Å². The molecule has 1 fully saturated rings. The Kier molecular flexibility index (Phi) is 4.60. The molecule has 3 rings (SSSR count). The fraction of sp³-hybridized carbons (Fsp3) is 0.400. The maximum absolute atomic E-state index is 11.6. The minimum absolute atomic E-state index is 0.0895. The van der Waals surface area contributed by atoms with Gasteiger partial charge in [-0.2, -0.15) is 10.1 Å². The second-order valence-electron chi connectivity index (χ2n) is 5.89. The third-order valence-corrected chi connectivity index (χ3v) is 6.25. The molecule has 1 unspecified atom stereocenters. The van der Waals surface area contributed by atoms with Crippen molar-refractivity contribution in [3.8, 4) is 0 Å². The highest BCUT2D eigenvalue weighted by molar-refractivity contribution is 7.91. The van der Waals surface area contributed by atoms with E-state index in [1.54, 1.807) is 6.07 Å². The molecule has 0 aliphatic carbocycles. The third-order valence-electron chi connectivity index (χ3n) is 4.09. The number of sulfone groups is 1. The fourth-order valence-corrected chi connectivity index (χ4v) is 4.54. The topological polar surface area (TPSA) is 88.1 Å². The molecule has 0 radical (unpaired) electrons. The Morgan fingerprint density at radius 2 is 2.17 bits per heavy atom. The highest BCUT2D eigenvalue weighted by atomic mass is 35.5. The summed E-state index contributed by atoms with van der Waals surface area (Å²) in [7, 11) is -1.13. The van der Waals surface area contributed by atoms with Gasteiger partial charge in [0.25, 0.3) is 0 Å². The number of aromatic nitrogens is 3. The number of benzene rings is 1. The predicted octanol–water partition coefficient (Wildman–Crippen LogP) is 2.20. The van der Waals surface area contributed by atoms with Gasteiger partial charge in [-0.05, 0) is 31.0 Å². The van der Waals surface area contributed by atoms with Crippen LogP contribution in [0.2, 0.25) is 5.02 Å². The first-order chi connectivity index (χ1) is 11.3. The Labute approximate surface area is 146 Å². The number of hydrogen-bond donors (Lipinski definition) is 1. The molecular formula is C15H18ClN5O2S. The molecule has 24 heavy (non-hydrogen) atoms. The van der Waals surface area contributed by atoms with Crippen LogP contribution in [0.5, 0.6) is 0 Å². The second-order valence-corrected chi connectivity index (χ2v) is 8.53. The van der Waals surface area contributed by atoms with Crippen LogP contribution in [0, 0.1) is 6.92 Å². The standard InChI is InChI=1S/C15H18ClN5O2S/c1-10-3-4-11(7-13(10)16)18-15-19-14(8-17-20-15)21(2)12-5-6-24(22,23)9-12/h3-4,7-8,12H,5-6,9H2,1-2H3,(H,18,19,20). The van der Waals surface area contributed by atoms with Gasteiger partial charge < -0.3 is 10.2 Å². The molecule has 1 aliphatic rings. The summed E-state index contributed by atoms with van der Waals surface area (Å²) in [6, 6.07) is 5.48. The maximum atomic E-state index is 11.6.